The van der Waals surface area contributed by atoms with Gasteiger partial charge in [0.25, 0.3) is 0 Å². The first-order valence-corrected chi connectivity index (χ1v) is 4.16. The van der Waals surface area contributed by atoms with Crippen LogP contribution in [0.2, 0.25) is 0 Å². The van der Waals surface area contributed by atoms with Gasteiger partial charge in [-0.25, -0.2) is 0 Å². The van der Waals surface area contributed by atoms with Crippen molar-refractivity contribution in [3.8, 4) is 0 Å². The van der Waals surface area contributed by atoms with Crippen LogP contribution in [-0.2, 0) is 14.3 Å². The van der Waals surface area contributed by atoms with Crippen LogP contribution in [0.15, 0.2) is 0 Å². The van der Waals surface area contributed by atoms with Crippen molar-refractivity contribution in [2.45, 2.75) is 13.3 Å². The van der Waals surface area contributed by atoms with Gasteiger partial charge in [-0.1, -0.05) is 6.92 Å². The molecule has 0 aromatic rings. The molecule has 5 nitrogen and oxygen atoms in total. The van der Waals surface area contributed by atoms with Crippen LogP contribution in [0.4, 0.5) is 0 Å². The van der Waals surface area contributed by atoms with E-state index in [0.717, 1.165) is 0 Å². The summed E-state index contributed by atoms with van der Waals surface area (Å²) in [6.07, 6.45) is 0.372. The lowest BCUT2D eigenvalue weighted by atomic mass is 10.3. The van der Waals surface area contributed by atoms with Crippen molar-refractivity contribution in [3.05, 3.63) is 0 Å². The Hall–Kier alpha value is -1.10. The second-order valence-electron chi connectivity index (χ2n) is 2.63. The van der Waals surface area contributed by atoms with E-state index in [-0.39, 0.29) is 12.5 Å². The van der Waals surface area contributed by atoms with Crippen molar-refractivity contribution in [2.75, 3.05) is 26.8 Å². The molecule has 0 bridgehead atoms. The lowest BCUT2D eigenvalue weighted by Crippen LogP contribution is -2.39. The van der Waals surface area contributed by atoms with Crippen LogP contribution in [-0.4, -0.2) is 43.5 Å². The van der Waals surface area contributed by atoms with Crippen molar-refractivity contribution < 1.29 is 14.3 Å². The molecule has 0 aliphatic heterocycles. The quantitative estimate of drug-likeness (QED) is 0.602. The van der Waals surface area contributed by atoms with Gasteiger partial charge in [0.05, 0.1) is 13.2 Å². The number of nitrogens with two attached hydrogens (primary N) is 1. The highest BCUT2D eigenvalue weighted by molar-refractivity contribution is 5.83. The molecule has 0 atom stereocenters. The summed E-state index contributed by atoms with van der Waals surface area (Å²) >= 11 is 0. The van der Waals surface area contributed by atoms with Gasteiger partial charge in [-0.15, -0.1) is 0 Å². The highest BCUT2D eigenvalue weighted by Gasteiger charge is 2.12. The van der Waals surface area contributed by atoms with E-state index >= 15 is 0 Å². The summed E-state index contributed by atoms with van der Waals surface area (Å²) in [6.45, 7) is 2.53. The summed E-state index contributed by atoms with van der Waals surface area (Å²) in [5.41, 5.74) is 4.98. The van der Waals surface area contributed by atoms with Crippen molar-refractivity contribution in [3.63, 3.8) is 0 Å². The van der Waals surface area contributed by atoms with E-state index in [4.69, 9.17) is 10.5 Å². The van der Waals surface area contributed by atoms with Gasteiger partial charge in [0.2, 0.25) is 11.8 Å². The Morgan fingerprint density at radius 3 is 2.46 bits per heavy atom. The zero-order valence-corrected chi connectivity index (χ0v) is 8.08. The van der Waals surface area contributed by atoms with E-state index in [9.17, 15) is 9.59 Å². The van der Waals surface area contributed by atoms with E-state index < -0.39 is 5.91 Å². The summed E-state index contributed by atoms with van der Waals surface area (Å²) in [5, 5.41) is 0. The third-order valence-corrected chi connectivity index (χ3v) is 1.57. The monoisotopic (exact) mass is 188 g/mol. The van der Waals surface area contributed by atoms with Crippen LogP contribution in [0.25, 0.3) is 0 Å². The van der Waals surface area contributed by atoms with Crippen LogP contribution >= 0.6 is 0 Å². The van der Waals surface area contributed by atoms with Crippen LogP contribution in [0.3, 0.4) is 0 Å². The SMILES string of the molecule is CCC(=O)N(CCOC)CC(N)=O. The minimum atomic E-state index is -0.502. The highest BCUT2D eigenvalue weighted by atomic mass is 16.5. The lowest BCUT2D eigenvalue weighted by Gasteiger charge is -2.19. The topological polar surface area (TPSA) is 72.6 Å². The molecule has 0 aliphatic carbocycles. The second-order valence-corrected chi connectivity index (χ2v) is 2.63. The molecular weight excluding hydrogens is 172 g/mol. The molecule has 0 aliphatic rings. The third kappa shape index (κ3) is 5.19. The Morgan fingerprint density at radius 2 is 2.08 bits per heavy atom. The third-order valence-electron chi connectivity index (χ3n) is 1.57. The fourth-order valence-corrected chi connectivity index (χ4v) is 0.905. The molecular formula is C8H16N2O3. The molecule has 0 radical (unpaired) electrons. The van der Waals surface area contributed by atoms with E-state index in [1.165, 1.54) is 4.90 Å². The standard InChI is InChI=1S/C8H16N2O3/c1-3-8(12)10(4-5-13-2)6-7(9)11/h3-6H2,1-2H3,(H2,9,11). The number of rotatable bonds is 6. The number of carbonyl (C=O) groups excluding carboxylic acids is 2. The minimum absolute atomic E-state index is 0.0317. The highest BCUT2D eigenvalue weighted by Crippen LogP contribution is 1.93. The Morgan fingerprint density at radius 1 is 1.46 bits per heavy atom. The Labute approximate surface area is 77.8 Å². The maximum Gasteiger partial charge on any atom is 0.237 e. The molecule has 0 aromatic carbocycles. The van der Waals surface area contributed by atoms with Crippen molar-refractivity contribution in [2.24, 2.45) is 5.73 Å². The average Bonchev–Trinajstić information content (AvgIpc) is 2.10. The Kier molecular flexibility index (Phi) is 5.88. The molecule has 13 heavy (non-hydrogen) atoms. The molecule has 0 heterocycles. The number of hydrogen-bond acceptors (Lipinski definition) is 3. The largest absolute Gasteiger partial charge is 0.383 e. The molecule has 0 spiro atoms. The van der Waals surface area contributed by atoms with E-state index in [1.807, 2.05) is 0 Å². The first-order valence-electron chi connectivity index (χ1n) is 4.16. The smallest absolute Gasteiger partial charge is 0.237 e. The summed E-state index contributed by atoms with van der Waals surface area (Å²) in [4.78, 5) is 23.2. The number of amides is 2. The lowest BCUT2D eigenvalue weighted by molar-refractivity contribution is -0.135. The zero-order valence-electron chi connectivity index (χ0n) is 8.08. The number of ether oxygens (including phenoxy) is 1. The summed E-state index contributed by atoms with van der Waals surface area (Å²) < 4.78 is 4.80. The molecule has 76 valence electrons. The minimum Gasteiger partial charge on any atom is -0.383 e. The maximum absolute atomic E-state index is 11.2. The van der Waals surface area contributed by atoms with Gasteiger partial charge in [-0.2, -0.15) is 0 Å². The normalized spacial score (nSPS) is 9.69. The van der Waals surface area contributed by atoms with Gasteiger partial charge >= 0.3 is 0 Å². The fourth-order valence-electron chi connectivity index (χ4n) is 0.905. The molecule has 0 fully saturated rings. The predicted molar refractivity (Wildman–Crippen MR) is 47.9 cm³/mol. The number of nitrogens with zero attached hydrogens (tertiary/aromatic N) is 1. The summed E-state index contributed by atoms with van der Waals surface area (Å²) in [5.74, 6) is -0.589. The zero-order chi connectivity index (χ0) is 10.3. The number of methoxy groups -OCH3 is 1. The first-order chi connectivity index (χ1) is 6.11. The van der Waals surface area contributed by atoms with Gasteiger partial charge in [0.15, 0.2) is 0 Å². The summed E-state index contributed by atoms with van der Waals surface area (Å²) in [7, 11) is 1.54. The van der Waals surface area contributed by atoms with E-state index in [2.05, 4.69) is 0 Å². The predicted octanol–water partition coefficient (Wildman–Crippen LogP) is -0.643. The van der Waals surface area contributed by atoms with Crippen LogP contribution in [0.1, 0.15) is 13.3 Å². The Balaban J connectivity index is 4.02. The summed E-state index contributed by atoms with van der Waals surface area (Å²) in [6, 6.07) is 0. The van der Waals surface area contributed by atoms with Gasteiger partial charge in [-0.05, 0) is 0 Å². The number of hydrogen-bond donors (Lipinski definition) is 1. The second kappa shape index (κ2) is 6.42. The van der Waals surface area contributed by atoms with Gasteiger partial charge in [-0.3, -0.25) is 9.59 Å². The number of carbonyl (C=O) groups is 2. The van der Waals surface area contributed by atoms with Crippen molar-refractivity contribution in [1.82, 2.24) is 4.90 Å². The van der Waals surface area contributed by atoms with E-state index in [0.29, 0.717) is 19.6 Å². The number of primary amides is 1. The molecule has 0 aromatic heterocycles. The molecule has 0 saturated carbocycles. The molecule has 0 rings (SSSR count). The van der Waals surface area contributed by atoms with Crippen molar-refractivity contribution in [1.29, 1.82) is 0 Å². The first kappa shape index (κ1) is 11.9. The van der Waals surface area contributed by atoms with Crippen LogP contribution < -0.4 is 5.73 Å². The van der Waals surface area contributed by atoms with E-state index in [1.54, 1.807) is 14.0 Å². The molecule has 0 unspecified atom stereocenters. The van der Waals surface area contributed by atoms with Crippen LogP contribution in [0.5, 0.6) is 0 Å². The molecule has 2 amide bonds. The van der Waals surface area contributed by atoms with Gasteiger partial charge < -0.3 is 15.4 Å². The molecule has 0 saturated heterocycles. The molecule has 2 N–H and O–H groups in total. The van der Waals surface area contributed by atoms with Gasteiger partial charge in [0.1, 0.15) is 0 Å². The fraction of sp³-hybridized carbons (Fsp3) is 0.750. The van der Waals surface area contributed by atoms with Gasteiger partial charge in [0, 0.05) is 20.1 Å². The maximum atomic E-state index is 11.2. The molecule has 5 heteroatoms. The van der Waals surface area contributed by atoms with Crippen molar-refractivity contribution >= 4 is 11.8 Å². The average molecular weight is 188 g/mol. The Bertz CT molecular complexity index is 182. The van der Waals surface area contributed by atoms with Crippen LogP contribution in [0, 0.1) is 0 Å².